The fraction of sp³-hybridized carbons (Fsp3) is 0.846. The second kappa shape index (κ2) is 7.02. The Bertz CT molecular complexity index is 175. The zero-order valence-electron chi connectivity index (χ0n) is 10.7. The van der Waals surface area contributed by atoms with Crippen LogP contribution in [0.1, 0.15) is 47.0 Å². The third-order valence-corrected chi connectivity index (χ3v) is 2.48. The average Bonchev–Trinajstić information content (AvgIpc) is 2.09. The van der Waals surface area contributed by atoms with Gasteiger partial charge >= 0.3 is 0 Å². The van der Waals surface area contributed by atoms with Gasteiger partial charge in [0.15, 0.2) is 0 Å². The minimum atomic E-state index is -0.587. The monoisotopic (exact) mass is 213 g/mol. The normalized spacial score (nSPS) is 17.5. The van der Waals surface area contributed by atoms with E-state index in [-0.39, 0.29) is 0 Å². The van der Waals surface area contributed by atoms with E-state index in [1.54, 1.807) is 0 Å². The van der Waals surface area contributed by atoms with Gasteiger partial charge in [0.25, 0.3) is 0 Å². The molecule has 0 aromatic carbocycles. The molecule has 2 heteroatoms. The fourth-order valence-corrected chi connectivity index (χ4v) is 1.82. The first-order valence-corrected chi connectivity index (χ1v) is 5.94. The van der Waals surface area contributed by atoms with E-state index in [1.165, 1.54) is 0 Å². The van der Waals surface area contributed by atoms with Crippen LogP contribution in [-0.2, 0) is 0 Å². The molecule has 2 N–H and O–H groups in total. The van der Waals surface area contributed by atoms with Crippen molar-refractivity contribution >= 4 is 0 Å². The smallest absolute Gasteiger partial charge is 0.0746 e. The maximum Gasteiger partial charge on any atom is 0.0746 e. The van der Waals surface area contributed by atoms with Crippen LogP contribution in [0.2, 0.25) is 0 Å². The number of rotatable bonds is 8. The molecule has 0 heterocycles. The topological polar surface area (TPSA) is 32.3 Å². The zero-order valence-corrected chi connectivity index (χ0v) is 10.7. The zero-order chi connectivity index (χ0) is 11.9. The minimum Gasteiger partial charge on any atom is -0.389 e. The molecule has 2 atom stereocenters. The van der Waals surface area contributed by atoms with Gasteiger partial charge in [-0.1, -0.05) is 19.9 Å². The van der Waals surface area contributed by atoms with Crippen LogP contribution in [-0.4, -0.2) is 23.3 Å². The molecule has 15 heavy (non-hydrogen) atoms. The number of hydrogen-bond donors (Lipinski definition) is 2. The van der Waals surface area contributed by atoms with Crippen LogP contribution in [0.3, 0.4) is 0 Å². The van der Waals surface area contributed by atoms with Crippen molar-refractivity contribution in [1.29, 1.82) is 0 Å². The summed E-state index contributed by atoms with van der Waals surface area (Å²) in [6, 6.07) is 0.446. The number of hydrogen-bond acceptors (Lipinski definition) is 2. The molecule has 90 valence electrons. The summed E-state index contributed by atoms with van der Waals surface area (Å²) in [6.45, 7) is 12.7. The number of allylic oxidation sites excluding steroid dienone is 1. The predicted octanol–water partition coefficient (Wildman–Crippen LogP) is 2.73. The average molecular weight is 213 g/mol. The highest BCUT2D eigenvalue weighted by Crippen LogP contribution is 2.15. The van der Waals surface area contributed by atoms with Crippen molar-refractivity contribution in [2.45, 2.75) is 58.6 Å². The quantitative estimate of drug-likeness (QED) is 0.608. The summed E-state index contributed by atoms with van der Waals surface area (Å²) in [4.78, 5) is 0. The largest absolute Gasteiger partial charge is 0.389 e. The molecule has 0 saturated heterocycles. The van der Waals surface area contributed by atoms with E-state index in [9.17, 15) is 5.11 Å². The lowest BCUT2D eigenvalue weighted by atomic mass is 9.94. The molecular formula is C13H27NO. The maximum atomic E-state index is 10.1. The van der Waals surface area contributed by atoms with Crippen molar-refractivity contribution in [3.05, 3.63) is 12.7 Å². The van der Waals surface area contributed by atoms with Gasteiger partial charge in [0.2, 0.25) is 0 Å². The Morgan fingerprint density at radius 1 is 1.40 bits per heavy atom. The Kier molecular flexibility index (Phi) is 6.86. The van der Waals surface area contributed by atoms with Crippen LogP contribution in [0.15, 0.2) is 12.7 Å². The van der Waals surface area contributed by atoms with Crippen LogP contribution in [0.25, 0.3) is 0 Å². The molecule has 0 rings (SSSR count). The summed E-state index contributed by atoms with van der Waals surface area (Å²) in [7, 11) is 0. The molecule has 0 aliphatic rings. The summed E-state index contributed by atoms with van der Waals surface area (Å²) in [5.74, 6) is 0.533. The Labute approximate surface area is 94.8 Å². The Morgan fingerprint density at radius 3 is 2.47 bits per heavy atom. The highest BCUT2D eigenvalue weighted by Gasteiger charge is 2.21. The van der Waals surface area contributed by atoms with Gasteiger partial charge in [0, 0.05) is 12.6 Å². The third kappa shape index (κ3) is 8.64. The SMILES string of the molecule is C=CCCC(C)NCC(C)(O)CC(C)C. The van der Waals surface area contributed by atoms with Crippen LogP contribution < -0.4 is 5.32 Å². The van der Waals surface area contributed by atoms with Crippen LogP contribution in [0.4, 0.5) is 0 Å². The van der Waals surface area contributed by atoms with Crippen molar-refractivity contribution in [2.75, 3.05) is 6.54 Å². The maximum absolute atomic E-state index is 10.1. The van der Waals surface area contributed by atoms with Gasteiger partial charge in [0.1, 0.15) is 0 Å². The second-order valence-electron chi connectivity index (χ2n) is 5.24. The molecule has 0 saturated carbocycles. The van der Waals surface area contributed by atoms with Crippen molar-refractivity contribution in [3.8, 4) is 0 Å². The number of aliphatic hydroxyl groups is 1. The fourth-order valence-electron chi connectivity index (χ4n) is 1.82. The molecular weight excluding hydrogens is 186 g/mol. The summed E-state index contributed by atoms with van der Waals surface area (Å²) >= 11 is 0. The van der Waals surface area contributed by atoms with E-state index in [0.717, 1.165) is 19.3 Å². The van der Waals surface area contributed by atoms with Crippen LogP contribution in [0, 0.1) is 5.92 Å². The summed E-state index contributed by atoms with van der Waals surface area (Å²) < 4.78 is 0. The van der Waals surface area contributed by atoms with E-state index in [0.29, 0.717) is 18.5 Å². The molecule has 2 nitrogen and oxygen atoms in total. The van der Waals surface area contributed by atoms with Gasteiger partial charge in [0.05, 0.1) is 5.60 Å². The highest BCUT2D eigenvalue weighted by molar-refractivity contribution is 4.79. The van der Waals surface area contributed by atoms with E-state index < -0.39 is 5.60 Å². The minimum absolute atomic E-state index is 0.446. The Balaban J connectivity index is 3.76. The van der Waals surface area contributed by atoms with Gasteiger partial charge in [-0.15, -0.1) is 6.58 Å². The number of nitrogens with one attached hydrogen (secondary N) is 1. The highest BCUT2D eigenvalue weighted by atomic mass is 16.3. The summed E-state index contributed by atoms with van der Waals surface area (Å²) in [5.41, 5.74) is -0.587. The molecule has 0 amide bonds. The lowest BCUT2D eigenvalue weighted by molar-refractivity contribution is 0.0362. The van der Waals surface area contributed by atoms with Crippen LogP contribution in [0.5, 0.6) is 0 Å². The molecule has 0 aliphatic carbocycles. The van der Waals surface area contributed by atoms with E-state index >= 15 is 0 Å². The van der Waals surface area contributed by atoms with Gasteiger partial charge in [-0.25, -0.2) is 0 Å². The summed E-state index contributed by atoms with van der Waals surface area (Å²) in [6.07, 6.45) is 4.89. The molecule has 0 fully saturated rings. The first-order chi connectivity index (χ1) is 6.87. The third-order valence-electron chi connectivity index (χ3n) is 2.48. The molecule has 0 radical (unpaired) electrons. The van der Waals surface area contributed by atoms with Crippen LogP contribution >= 0.6 is 0 Å². The summed E-state index contributed by atoms with van der Waals surface area (Å²) in [5, 5.41) is 13.4. The van der Waals surface area contributed by atoms with E-state index in [1.807, 2.05) is 13.0 Å². The van der Waals surface area contributed by atoms with E-state index in [4.69, 9.17) is 0 Å². The molecule has 0 spiro atoms. The standard InChI is InChI=1S/C13H27NO/c1-6-7-8-12(4)14-10-13(5,15)9-11(2)3/h6,11-12,14-15H,1,7-10H2,2-5H3. The van der Waals surface area contributed by atoms with Gasteiger partial charge in [-0.2, -0.15) is 0 Å². The van der Waals surface area contributed by atoms with Crippen molar-refractivity contribution in [2.24, 2.45) is 5.92 Å². The Morgan fingerprint density at radius 2 is 2.00 bits per heavy atom. The lowest BCUT2D eigenvalue weighted by Crippen LogP contribution is -2.42. The first-order valence-electron chi connectivity index (χ1n) is 5.94. The van der Waals surface area contributed by atoms with Crippen molar-refractivity contribution in [3.63, 3.8) is 0 Å². The van der Waals surface area contributed by atoms with Gasteiger partial charge < -0.3 is 10.4 Å². The molecule has 0 aromatic rings. The van der Waals surface area contributed by atoms with Crippen molar-refractivity contribution < 1.29 is 5.11 Å². The van der Waals surface area contributed by atoms with Gasteiger partial charge in [-0.05, 0) is 39.0 Å². The van der Waals surface area contributed by atoms with E-state index in [2.05, 4.69) is 32.7 Å². The molecule has 0 aliphatic heterocycles. The lowest BCUT2D eigenvalue weighted by Gasteiger charge is -2.27. The van der Waals surface area contributed by atoms with Crippen molar-refractivity contribution in [1.82, 2.24) is 5.32 Å². The first kappa shape index (κ1) is 14.7. The molecule has 2 unspecified atom stereocenters. The van der Waals surface area contributed by atoms with Gasteiger partial charge in [-0.3, -0.25) is 0 Å². The Hall–Kier alpha value is -0.340. The molecule has 0 aromatic heterocycles. The predicted molar refractivity (Wildman–Crippen MR) is 67.0 cm³/mol. The molecule has 0 bridgehead atoms. The second-order valence-corrected chi connectivity index (χ2v) is 5.24.